The SMILES string of the molecule is CCCCCc1ccc(-c2ccc3c(F)c(CCc4ccc(C(F)(F)F)c(F)c4)ccc3c2)cc1. The van der Waals surface area contributed by atoms with Crippen molar-refractivity contribution in [1.29, 1.82) is 0 Å². The number of hydrogen-bond donors (Lipinski definition) is 0. The summed E-state index contributed by atoms with van der Waals surface area (Å²) in [7, 11) is 0. The summed E-state index contributed by atoms with van der Waals surface area (Å²) >= 11 is 0. The molecule has 4 aromatic rings. The molecule has 0 saturated heterocycles. The van der Waals surface area contributed by atoms with Crippen LogP contribution in [0.1, 0.15) is 48.4 Å². The van der Waals surface area contributed by atoms with Gasteiger partial charge in [0.25, 0.3) is 0 Å². The van der Waals surface area contributed by atoms with Crippen LogP contribution >= 0.6 is 0 Å². The number of benzene rings is 4. The third-order valence-corrected chi connectivity index (χ3v) is 6.41. The van der Waals surface area contributed by atoms with Crippen LogP contribution in [0, 0.1) is 11.6 Å². The predicted octanol–water partition coefficient (Wildman–Crippen LogP) is 9.32. The van der Waals surface area contributed by atoms with Crippen molar-refractivity contribution in [2.75, 3.05) is 0 Å². The standard InChI is InChI=1S/C30H27F5/c1-2-3-4-5-20-6-10-22(11-7-20)24-15-16-26-25(19-24)14-13-23(29(26)32)12-8-21-9-17-27(28(31)18-21)30(33,34)35/h6-7,9-11,13-19H,2-5,8,12H2,1H3. The van der Waals surface area contributed by atoms with Gasteiger partial charge in [-0.3, -0.25) is 0 Å². The molecule has 0 aliphatic heterocycles. The first-order valence-electron chi connectivity index (χ1n) is 11.9. The second-order valence-electron chi connectivity index (χ2n) is 8.94. The number of aryl methyl sites for hydroxylation is 3. The van der Waals surface area contributed by atoms with Gasteiger partial charge in [-0.25, -0.2) is 8.78 Å². The normalized spacial score (nSPS) is 11.8. The van der Waals surface area contributed by atoms with Crippen LogP contribution in [-0.2, 0) is 25.4 Å². The minimum absolute atomic E-state index is 0.236. The highest BCUT2D eigenvalue weighted by molar-refractivity contribution is 5.88. The fourth-order valence-electron chi connectivity index (χ4n) is 4.38. The lowest BCUT2D eigenvalue weighted by Crippen LogP contribution is -2.08. The zero-order valence-corrected chi connectivity index (χ0v) is 19.6. The van der Waals surface area contributed by atoms with Gasteiger partial charge in [-0.15, -0.1) is 0 Å². The van der Waals surface area contributed by atoms with Crippen LogP contribution in [0.3, 0.4) is 0 Å². The fourth-order valence-corrected chi connectivity index (χ4v) is 4.38. The van der Waals surface area contributed by atoms with Crippen molar-refractivity contribution in [2.24, 2.45) is 0 Å². The van der Waals surface area contributed by atoms with Crippen LogP contribution in [0.15, 0.2) is 72.8 Å². The highest BCUT2D eigenvalue weighted by atomic mass is 19.4. The molecule has 0 amide bonds. The molecule has 0 aliphatic rings. The lowest BCUT2D eigenvalue weighted by atomic mass is 9.96. The van der Waals surface area contributed by atoms with Crippen LogP contribution in [-0.4, -0.2) is 0 Å². The highest BCUT2D eigenvalue weighted by Gasteiger charge is 2.33. The van der Waals surface area contributed by atoms with Gasteiger partial charge in [-0.1, -0.05) is 74.4 Å². The van der Waals surface area contributed by atoms with Crippen molar-refractivity contribution in [1.82, 2.24) is 0 Å². The first-order valence-corrected chi connectivity index (χ1v) is 11.9. The number of rotatable bonds is 8. The smallest absolute Gasteiger partial charge is 0.206 e. The van der Waals surface area contributed by atoms with Gasteiger partial charge in [0.1, 0.15) is 11.6 Å². The average molecular weight is 483 g/mol. The molecule has 0 nitrogen and oxygen atoms in total. The molecular formula is C30H27F5. The molecule has 0 fully saturated rings. The highest BCUT2D eigenvalue weighted by Crippen LogP contribution is 2.32. The third-order valence-electron chi connectivity index (χ3n) is 6.41. The molecule has 0 aromatic heterocycles. The minimum Gasteiger partial charge on any atom is -0.206 e. The second kappa shape index (κ2) is 10.6. The molecule has 0 aliphatic carbocycles. The quantitative estimate of drug-likeness (QED) is 0.173. The summed E-state index contributed by atoms with van der Waals surface area (Å²) in [6.45, 7) is 2.19. The molecule has 4 aromatic carbocycles. The molecule has 35 heavy (non-hydrogen) atoms. The number of halogens is 5. The summed E-state index contributed by atoms with van der Waals surface area (Å²) in [5, 5.41) is 1.26. The Morgan fingerprint density at radius 2 is 1.37 bits per heavy atom. The van der Waals surface area contributed by atoms with Gasteiger partial charge >= 0.3 is 6.18 Å². The van der Waals surface area contributed by atoms with Crippen molar-refractivity contribution >= 4 is 10.8 Å². The van der Waals surface area contributed by atoms with E-state index < -0.39 is 17.6 Å². The van der Waals surface area contributed by atoms with Crippen LogP contribution in [0.2, 0.25) is 0 Å². The fraction of sp³-hybridized carbons (Fsp3) is 0.267. The van der Waals surface area contributed by atoms with Crippen molar-refractivity contribution in [2.45, 2.75) is 51.6 Å². The Bertz CT molecular complexity index is 1300. The van der Waals surface area contributed by atoms with E-state index in [4.69, 9.17) is 0 Å². The first kappa shape index (κ1) is 24.9. The molecule has 5 heteroatoms. The molecule has 0 spiro atoms. The van der Waals surface area contributed by atoms with Gasteiger partial charge in [-0.05, 0) is 77.1 Å². The van der Waals surface area contributed by atoms with Crippen LogP contribution in [0.5, 0.6) is 0 Å². The van der Waals surface area contributed by atoms with Crippen molar-refractivity contribution in [3.63, 3.8) is 0 Å². The first-order chi connectivity index (χ1) is 16.8. The van der Waals surface area contributed by atoms with E-state index in [1.54, 1.807) is 12.1 Å². The summed E-state index contributed by atoms with van der Waals surface area (Å²) < 4.78 is 67.3. The summed E-state index contributed by atoms with van der Waals surface area (Å²) in [5.41, 5.74) is 2.93. The van der Waals surface area contributed by atoms with Crippen molar-refractivity contribution in [3.05, 3.63) is 107 Å². The van der Waals surface area contributed by atoms with Crippen LogP contribution in [0.25, 0.3) is 21.9 Å². The van der Waals surface area contributed by atoms with E-state index in [0.717, 1.165) is 35.1 Å². The maximum Gasteiger partial charge on any atom is 0.419 e. The molecule has 0 unspecified atom stereocenters. The van der Waals surface area contributed by atoms with E-state index >= 15 is 4.39 Å². The number of hydrogen-bond acceptors (Lipinski definition) is 0. The molecule has 0 heterocycles. The van der Waals surface area contributed by atoms with E-state index in [1.165, 1.54) is 30.9 Å². The van der Waals surface area contributed by atoms with Crippen LogP contribution < -0.4 is 0 Å². The third kappa shape index (κ3) is 5.90. The Kier molecular flexibility index (Phi) is 7.54. The predicted molar refractivity (Wildman–Crippen MR) is 131 cm³/mol. The summed E-state index contributed by atoms with van der Waals surface area (Å²) in [6.07, 6.45) is 0.430. The largest absolute Gasteiger partial charge is 0.419 e. The topological polar surface area (TPSA) is 0 Å². The minimum atomic E-state index is -4.73. The number of alkyl halides is 3. The number of unbranched alkanes of at least 4 members (excludes halogenated alkanes) is 2. The Morgan fingerprint density at radius 1 is 0.657 bits per heavy atom. The lowest BCUT2D eigenvalue weighted by Gasteiger charge is -2.11. The van der Waals surface area contributed by atoms with Crippen LogP contribution in [0.4, 0.5) is 22.0 Å². The Balaban J connectivity index is 1.49. The van der Waals surface area contributed by atoms with Crippen molar-refractivity contribution in [3.8, 4) is 11.1 Å². The van der Waals surface area contributed by atoms with Gasteiger partial charge in [0.05, 0.1) is 5.56 Å². The molecule has 0 bridgehead atoms. The second-order valence-corrected chi connectivity index (χ2v) is 8.94. The molecule has 182 valence electrons. The Hall–Kier alpha value is -3.21. The average Bonchev–Trinajstić information content (AvgIpc) is 2.83. The summed E-state index contributed by atoms with van der Waals surface area (Å²) in [4.78, 5) is 0. The zero-order chi connectivity index (χ0) is 25.0. The van der Waals surface area contributed by atoms with E-state index in [0.29, 0.717) is 16.5 Å². The van der Waals surface area contributed by atoms with Gasteiger partial charge in [0.15, 0.2) is 0 Å². The maximum absolute atomic E-state index is 15.2. The van der Waals surface area contributed by atoms with E-state index in [-0.39, 0.29) is 18.7 Å². The van der Waals surface area contributed by atoms with E-state index in [2.05, 4.69) is 31.2 Å². The number of fused-ring (bicyclic) bond motifs is 1. The van der Waals surface area contributed by atoms with E-state index in [1.807, 2.05) is 18.2 Å². The van der Waals surface area contributed by atoms with Gasteiger partial charge in [0.2, 0.25) is 0 Å². The van der Waals surface area contributed by atoms with E-state index in [9.17, 15) is 17.6 Å². The van der Waals surface area contributed by atoms with Crippen molar-refractivity contribution < 1.29 is 22.0 Å². The lowest BCUT2D eigenvalue weighted by molar-refractivity contribution is -0.140. The molecular weight excluding hydrogens is 455 g/mol. The van der Waals surface area contributed by atoms with Gasteiger partial charge < -0.3 is 0 Å². The molecule has 0 radical (unpaired) electrons. The Morgan fingerprint density at radius 3 is 2.06 bits per heavy atom. The molecule has 4 rings (SSSR count). The molecule has 0 saturated carbocycles. The molecule has 0 atom stereocenters. The molecule has 0 N–H and O–H groups in total. The van der Waals surface area contributed by atoms with Gasteiger partial charge in [-0.2, -0.15) is 13.2 Å². The Labute approximate surface area is 202 Å². The van der Waals surface area contributed by atoms with Gasteiger partial charge in [0, 0.05) is 5.39 Å². The maximum atomic E-state index is 15.2. The zero-order valence-electron chi connectivity index (χ0n) is 19.6. The monoisotopic (exact) mass is 482 g/mol. The summed E-state index contributed by atoms with van der Waals surface area (Å²) in [6, 6.07) is 20.5. The summed E-state index contributed by atoms with van der Waals surface area (Å²) in [5.74, 6) is -1.66.